The highest BCUT2D eigenvalue weighted by atomic mass is 127. The number of pyridine rings is 1. The summed E-state index contributed by atoms with van der Waals surface area (Å²) in [5.74, 6) is 2.37. The quantitative estimate of drug-likeness (QED) is 0.313. The average Bonchev–Trinajstić information content (AvgIpc) is 3.24. The number of aliphatic imine (C=N–C) groups is 1. The van der Waals surface area contributed by atoms with Crippen LogP contribution in [0.3, 0.4) is 0 Å². The Morgan fingerprint density at radius 2 is 2.10 bits per heavy atom. The lowest BCUT2D eigenvalue weighted by Crippen LogP contribution is -2.44. The van der Waals surface area contributed by atoms with Gasteiger partial charge in [0.2, 0.25) is 5.88 Å². The first kappa shape index (κ1) is 24.0. The molecule has 1 atom stereocenters. The fourth-order valence-corrected chi connectivity index (χ4v) is 3.44. The Kier molecular flexibility index (Phi) is 9.99. The Bertz CT molecular complexity index is 818. The number of methoxy groups -OCH3 is 1. The summed E-state index contributed by atoms with van der Waals surface area (Å²) in [7, 11) is 3.51. The van der Waals surface area contributed by atoms with E-state index in [-0.39, 0.29) is 24.0 Å². The number of anilines is 1. The van der Waals surface area contributed by atoms with Gasteiger partial charge in [-0.15, -0.1) is 24.0 Å². The van der Waals surface area contributed by atoms with Crippen LogP contribution in [0.4, 0.5) is 5.69 Å². The lowest BCUT2D eigenvalue weighted by atomic mass is 10.2. The van der Waals surface area contributed by atoms with Crippen LogP contribution in [-0.2, 0) is 6.54 Å². The molecule has 3 rings (SSSR count). The van der Waals surface area contributed by atoms with Crippen molar-refractivity contribution in [3.63, 3.8) is 0 Å². The number of nitrogens with one attached hydrogen (secondary N) is 2. The van der Waals surface area contributed by atoms with Gasteiger partial charge in [0.15, 0.2) is 5.96 Å². The number of guanidine groups is 1. The van der Waals surface area contributed by atoms with E-state index in [1.165, 1.54) is 0 Å². The molecule has 0 bridgehead atoms. The number of nitrogens with zero attached hydrogens (tertiary/aromatic N) is 3. The van der Waals surface area contributed by atoms with E-state index in [1.807, 2.05) is 30.3 Å². The van der Waals surface area contributed by atoms with Gasteiger partial charge >= 0.3 is 0 Å². The zero-order chi connectivity index (χ0) is 20.5. The van der Waals surface area contributed by atoms with E-state index in [0.29, 0.717) is 25.1 Å². The molecular formula is C22H32IN5O2. The molecule has 0 amide bonds. The van der Waals surface area contributed by atoms with Crippen LogP contribution in [-0.4, -0.2) is 50.8 Å². The third kappa shape index (κ3) is 6.38. The summed E-state index contributed by atoms with van der Waals surface area (Å²) in [5, 5.41) is 6.91. The monoisotopic (exact) mass is 525 g/mol. The highest BCUT2D eigenvalue weighted by Gasteiger charge is 2.25. The molecule has 2 heterocycles. The van der Waals surface area contributed by atoms with Gasteiger partial charge in [-0.05, 0) is 31.0 Å². The SMILES string of the molecule is CCCOc1ncccc1CNC(=NC)NC1CCN(c2ccccc2OC)C1.I. The number of benzene rings is 1. The standard InChI is InChI=1S/C22H31N5O2.HI/c1-4-14-29-21-17(8-7-12-24-21)15-25-22(23-2)26-18-11-13-27(16-18)19-9-5-6-10-20(19)28-3;/h5-10,12,18H,4,11,13-16H2,1-3H3,(H2,23,25,26);1H. The van der Waals surface area contributed by atoms with E-state index in [2.05, 4.69) is 38.5 Å². The minimum absolute atomic E-state index is 0. The number of aromatic nitrogens is 1. The van der Waals surface area contributed by atoms with Crippen LogP contribution in [0, 0.1) is 0 Å². The largest absolute Gasteiger partial charge is 0.495 e. The predicted octanol–water partition coefficient (Wildman–Crippen LogP) is 3.44. The molecule has 1 aliphatic heterocycles. The molecule has 1 unspecified atom stereocenters. The zero-order valence-electron chi connectivity index (χ0n) is 17.9. The first-order valence-electron chi connectivity index (χ1n) is 10.2. The Labute approximate surface area is 196 Å². The van der Waals surface area contributed by atoms with Crippen molar-refractivity contribution in [3.8, 4) is 11.6 Å². The second-order valence-electron chi connectivity index (χ2n) is 6.99. The van der Waals surface area contributed by atoms with Crippen LogP contribution in [0.1, 0.15) is 25.3 Å². The van der Waals surface area contributed by atoms with Gasteiger partial charge in [-0.2, -0.15) is 0 Å². The van der Waals surface area contributed by atoms with Crippen molar-refractivity contribution in [1.29, 1.82) is 0 Å². The summed E-state index contributed by atoms with van der Waals surface area (Å²) >= 11 is 0. The molecular weight excluding hydrogens is 493 g/mol. The zero-order valence-corrected chi connectivity index (χ0v) is 20.3. The lowest BCUT2D eigenvalue weighted by Gasteiger charge is -2.22. The molecule has 30 heavy (non-hydrogen) atoms. The molecule has 1 saturated heterocycles. The summed E-state index contributed by atoms with van der Waals surface area (Å²) < 4.78 is 11.2. The Morgan fingerprint density at radius 3 is 2.87 bits per heavy atom. The second kappa shape index (κ2) is 12.5. The van der Waals surface area contributed by atoms with Gasteiger partial charge < -0.3 is 25.0 Å². The number of rotatable bonds is 8. The Balaban J connectivity index is 0.00000320. The number of hydrogen-bond acceptors (Lipinski definition) is 5. The molecule has 1 aliphatic rings. The van der Waals surface area contributed by atoms with Crippen molar-refractivity contribution < 1.29 is 9.47 Å². The van der Waals surface area contributed by atoms with Crippen molar-refractivity contribution in [1.82, 2.24) is 15.6 Å². The Morgan fingerprint density at radius 1 is 1.27 bits per heavy atom. The van der Waals surface area contributed by atoms with Gasteiger partial charge in [0.1, 0.15) is 5.75 Å². The maximum Gasteiger partial charge on any atom is 0.218 e. The van der Waals surface area contributed by atoms with Crippen molar-refractivity contribution >= 4 is 35.6 Å². The minimum atomic E-state index is 0. The van der Waals surface area contributed by atoms with Gasteiger partial charge in [0, 0.05) is 44.5 Å². The summed E-state index contributed by atoms with van der Waals surface area (Å²) in [6.45, 7) is 5.24. The summed E-state index contributed by atoms with van der Waals surface area (Å²) in [4.78, 5) is 11.1. The molecule has 1 aromatic carbocycles. The van der Waals surface area contributed by atoms with Crippen molar-refractivity contribution in [2.24, 2.45) is 4.99 Å². The van der Waals surface area contributed by atoms with Crippen LogP contribution < -0.4 is 25.0 Å². The van der Waals surface area contributed by atoms with Crippen LogP contribution in [0.5, 0.6) is 11.6 Å². The molecule has 8 heteroatoms. The number of ether oxygens (including phenoxy) is 2. The van der Waals surface area contributed by atoms with Gasteiger partial charge in [-0.3, -0.25) is 4.99 Å². The van der Waals surface area contributed by atoms with E-state index in [9.17, 15) is 0 Å². The molecule has 2 N–H and O–H groups in total. The number of hydrogen-bond donors (Lipinski definition) is 2. The van der Waals surface area contributed by atoms with Crippen LogP contribution in [0.2, 0.25) is 0 Å². The minimum Gasteiger partial charge on any atom is -0.495 e. The van der Waals surface area contributed by atoms with Crippen LogP contribution >= 0.6 is 24.0 Å². The lowest BCUT2D eigenvalue weighted by molar-refractivity contribution is 0.301. The van der Waals surface area contributed by atoms with E-state index in [0.717, 1.165) is 48.9 Å². The molecule has 2 aromatic rings. The Hall–Kier alpha value is -2.23. The topological polar surface area (TPSA) is 71.0 Å². The molecule has 0 saturated carbocycles. The number of halogens is 1. The molecule has 1 aromatic heterocycles. The highest BCUT2D eigenvalue weighted by molar-refractivity contribution is 14.0. The summed E-state index contributed by atoms with van der Waals surface area (Å²) in [5.41, 5.74) is 2.15. The van der Waals surface area contributed by atoms with Gasteiger partial charge in [-0.25, -0.2) is 4.98 Å². The molecule has 7 nitrogen and oxygen atoms in total. The third-order valence-corrected chi connectivity index (χ3v) is 4.92. The summed E-state index contributed by atoms with van der Waals surface area (Å²) in [6, 6.07) is 12.4. The van der Waals surface area contributed by atoms with Gasteiger partial charge in [-0.1, -0.05) is 25.1 Å². The second-order valence-corrected chi connectivity index (χ2v) is 6.99. The predicted molar refractivity (Wildman–Crippen MR) is 132 cm³/mol. The van der Waals surface area contributed by atoms with Crippen LogP contribution in [0.25, 0.3) is 0 Å². The third-order valence-electron chi connectivity index (χ3n) is 4.92. The molecule has 0 aliphatic carbocycles. The fraction of sp³-hybridized carbons (Fsp3) is 0.455. The van der Waals surface area contributed by atoms with Crippen LogP contribution in [0.15, 0.2) is 47.6 Å². The van der Waals surface area contributed by atoms with Gasteiger partial charge in [0.25, 0.3) is 0 Å². The van der Waals surface area contributed by atoms with Crippen molar-refractivity contribution in [3.05, 3.63) is 48.2 Å². The molecule has 164 valence electrons. The van der Waals surface area contributed by atoms with E-state index in [1.54, 1.807) is 20.4 Å². The molecule has 1 fully saturated rings. The molecule has 0 radical (unpaired) electrons. The van der Waals surface area contributed by atoms with E-state index in [4.69, 9.17) is 9.47 Å². The maximum absolute atomic E-state index is 5.74. The van der Waals surface area contributed by atoms with Crippen molar-refractivity contribution in [2.45, 2.75) is 32.4 Å². The fourth-order valence-electron chi connectivity index (χ4n) is 3.44. The molecule has 0 spiro atoms. The summed E-state index contributed by atoms with van der Waals surface area (Å²) in [6.07, 6.45) is 3.75. The normalized spacial score (nSPS) is 16.0. The number of para-hydroxylation sites is 2. The maximum atomic E-state index is 5.74. The van der Waals surface area contributed by atoms with Gasteiger partial charge in [0.05, 0.1) is 19.4 Å². The van der Waals surface area contributed by atoms with E-state index >= 15 is 0 Å². The highest BCUT2D eigenvalue weighted by Crippen LogP contribution is 2.30. The first-order valence-corrected chi connectivity index (χ1v) is 10.2. The van der Waals surface area contributed by atoms with Crippen molar-refractivity contribution in [2.75, 3.05) is 38.8 Å². The first-order chi connectivity index (χ1) is 14.2. The smallest absolute Gasteiger partial charge is 0.218 e. The average molecular weight is 525 g/mol. The van der Waals surface area contributed by atoms with E-state index < -0.39 is 0 Å².